The maximum absolute atomic E-state index is 13.3. The van der Waals surface area contributed by atoms with Gasteiger partial charge in [0.25, 0.3) is 0 Å². The van der Waals surface area contributed by atoms with Crippen molar-refractivity contribution in [3.05, 3.63) is 35.1 Å². The maximum atomic E-state index is 13.3. The predicted octanol–water partition coefficient (Wildman–Crippen LogP) is 5.78. The Hall–Kier alpha value is -2.49. The number of ether oxygens (including phenoxy) is 1. The van der Waals surface area contributed by atoms with Crippen molar-refractivity contribution in [1.29, 1.82) is 0 Å². The van der Waals surface area contributed by atoms with Gasteiger partial charge in [-0.15, -0.1) is 0 Å². The van der Waals surface area contributed by atoms with Gasteiger partial charge in [0.05, 0.1) is 0 Å². The molecule has 0 radical (unpaired) electrons. The number of hydrogen-bond donors (Lipinski definition) is 1. The van der Waals surface area contributed by atoms with Crippen molar-refractivity contribution in [2.24, 2.45) is 0 Å². The number of alkyl halides is 9. The van der Waals surface area contributed by atoms with Gasteiger partial charge in [0, 0.05) is 0 Å². The van der Waals surface area contributed by atoms with Crippen LogP contribution in [0.2, 0.25) is 0 Å². The third-order valence-electron chi connectivity index (χ3n) is 3.04. The highest BCUT2D eigenvalue weighted by Gasteiger charge is 2.83. The number of allylic oxidation sites excluding steroid dienone is 1. The van der Waals surface area contributed by atoms with E-state index in [9.17, 15) is 65.9 Å². The number of hydrogen-bond acceptors (Lipinski definition) is 2. The quantitative estimate of drug-likeness (QED) is 0.261. The van der Waals surface area contributed by atoms with E-state index in [1.165, 1.54) is 0 Å². The summed E-state index contributed by atoms with van der Waals surface area (Å²) >= 11 is 0. The SMILES string of the molecule is Nc1c(F)c(F)c(OC(F)=C(F)C(F)(F)C(F)(F)C(F)(F)C(F)(F)F)c(F)c1F. The van der Waals surface area contributed by atoms with E-state index in [4.69, 9.17) is 0 Å². The Morgan fingerprint density at radius 3 is 1.38 bits per heavy atom. The van der Waals surface area contributed by atoms with Gasteiger partial charge in [0.2, 0.25) is 23.2 Å². The lowest BCUT2D eigenvalue weighted by Gasteiger charge is -2.32. The van der Waals surface area contributed by atoms with E-state index in [0.29, 0.717) is 0 Å². The van der Waals surface area contributed by atoms with E-state index in [1.807, 2.05) is 0 Å². The fraction of sp³-hybridized carbons (Fsp3) is 0.333. The van der Waals surface area contributed by atoms with Gasteiger partial charge in [-0.1, -0.05) is 0 Å². The summed E-state index contributed by atoms with van der Waals surface area (Å²) in [6.45, 7) is 0. The summed E-state index contributed by atoms with van der Waals surface area (Å²) in [6, 6.07) is -3.92. The average molecular weight is 461 g/mol. The monoisotopic (exact) mass is 461 g/mol. The number of benzene rings is 1. The third kappa shape index (κ3) is 3.61. The average Bonchev–Trinajstić information content (AvgIpc) is 2.59. The molecule has 0 saturated heterocycles. The first-order valence-electron chi connectivity index (χ1n) is 6.28. The summed E-state index contributed by atoms with van der Waals surface area (Å²) in [5, 5.41) is 0. The Balaban J connectivity index is 3.55. The summed E-state index contributed by atoms with van der Waals surface area (Å²) < 4.78 is 195. The fourth-order valence-corrected chi connectivity index (χ4v) is 1.49. The molecule has 166 valence electrons. The van der Waals surface area contributed by atoms with Gasteiger partial charge >= 0.3 is 30.0 Å². The van der Waals surface area contributed by atoms with Crippen molar-refractivity contribution in [2.75, 3.05) is 5.73 Å². The molecule has 0 aliphatic carbocycles. The van der Waals surface area contributed by atoms with Crippen LogP contribution < -0.4 is 10.5 Å². The van der Waals surface area contributed by atoms with Crippen LogP contribution in [-0.4, -0.2) is 23.9 Å². The molecule has 29 heavy (non-hydrogen) atoms. The molecule has 0 saturated carbocycles. The minimum atomic E-state index is -7.70. The Morgan fingerprint density at radius 2 is 1.03 bits per heavy atom. The highest BCUT2D eigenvalue weighted by Crippen LogP contribution is 2.55. The number of nitrogens with two attached hydrogens (primary N) is 1. The molecule has 1 rings (SSSR count). The van der Waals surface area contributed by atoms with E-state index < -0.39 is 70.5 Å². The van der Waals surface area contributed by atoms with E-state index >= 15 is 0 Å². The highest BCUT2D eigenvalue weighted by atomic mass is 19.4. The lowest BCUT2D eigenvalue weighted by molar-refractivity contribution is -0.392. The molecule has 17 heteroatoms. The molecule has 2 nitrogen and oxygen atoms in total. The van der Waals surface area contributed by atoms with Crippen LogP contribution in [0.5, 0.6) is 5.75 Å². The standard InChI is InChI=1S/C12H2F15NO/c13-1-3(15)6(4(16)2(14)5(1)28)29-8(18)7(17)9(19,20)10(21,22)11(23,24)12(25,26)27/h28H2. The summed E-state index contributed by atoms with van der Waals surface area (Å²) in [5.74, 6) is -40.7. The topological polar surface area (TPSA) is 35.2 Å². The highest BCUT2D eigenvalue weighted by molar-refractivity contribution is 5.48. The predicted molar refractivity (Wildman–Crippen MR) is 61.5 cm³/mol. The molecule has 1 aromatic rings. The van der Waals surface area contributed by atoms with Crippen LogP contribution in [0.4, 0.5) is 71.5 Å². The molecule has 0 heterocycles. The van der Waals surface area contributed by atoms with Gasteiger partial charge in [-0.05, 0) is 0 Å². The Kier molecular flexibility index (Phi) is 6.00. The van der Waals surface area contributed by atoms with Crippen LogP contribution >= 0.6 is 0 Å². The Morgan fingerprint density at radius 1 is 0.655 bits per heavy atom. The number of nitrogen functional groups attached to an aromatic ring is 1. The largest absolute Gasteiger partial charge is 0.460 e. The van der Waals surface area contributed by atoms with E-state index in [-0.39, 0.29) is 0 Å². The molecular weight excluding hydrogens is 459 g/mol. The van der Waals surface area contributed by atoms with Crippen LogP contribution in [0.3, 0.4) is 0 Å². The summed E-state index contributed by atoms with van der Waals surface area (Å²) in [4.78, 5) is 0. The zero-order valence-electron chi connectivity index (χ0n) is 12.7. The van der Waals surface area contributed by atoms with Crippen molar-refractivity contribution in [3.8, 4) is 5.75 Å². The molecule has 0 spiro atoms. The first-order valence-corrected chi connectivity index (χ1v) is 6.28. The van der Waals surface area contributed by atoms with Crippen LogP contribution in [0.1, 0.15) is 0 Å². The molecular formula is C12H2F15NO. The van der Waals surface area contributed by atoms with E-state index in [2.05, 4.69) is 10.5 Å². The molecule has 1 aromatic carbocycles. The van der Waals surface area contributed by atoms with Crippen LogP contribution in [0.15, 0.2) is 11.8 Å². The summed E-state index contributed by atoms with van der Waals surface area (Å²) in [7, 11) is 0. The molecule has 2 N–H and O–H groups in total. The second kappa shape index (κ2) is 7.08. The van der Waals surface area contributed by atoms with E-state index in [0.717, 1.165) is 0 Å². The van der Waals surface area contributed by atoms with Crippen LogP contribution in [0, 0.1) is 23.3 Å². The zero-order chi connectivity index (χ0) is 23.3. The fourth-order valence-electron chi connectivity index (χ4n) is 1.49. The molecule has 0 bridgehead atoms. The zero-order valence-corrected chi connectivity index (χ0v) is 12.7. The third-order valence-corrected chi connectivity index (χ3v) is 3.04. The van der Waals surface area contributed by atoms with Gasteiger partial charge in [0.1, 0.15) is 5.69 Å². The van der Waals surface area contributed by atoms with Gasteiger partial charge in [-0.25, -0.2) is 8.78 Å². The molecule has 0 aromatic heterocycles. The lowest BCUT2D eigenvalue weighted by atomic mass is 10.0. The van der Waals surface area contributed by atoms with Crippen molar-refractivity contribution in [2.45, 2.75) is 23.9 Å². The van der Waals surface area contributed by atoms with Crippen molar-refractivity contribution in [3.63, 3.8) is 0 Å². The Bertz CT molecular complexity index is 812. The molecule has 0 aliphatic rings. The maximum Gasteiger partial charge on any atom is 0.460 e. The summed E-state index contributed by atoms with van der Waals surface area (Å²) in [5.41, 5.74) is 2.57. The van der Waals surface area contributed by atoms with Crippen LogP contribution in [0.25, 0.3) is 0 Å². The van der Waals surface area contributed by atoms with Crippen molar-refractivity contribution >= 4 is 5.69 Å². The van der Waals surface area contributed by atoms with Gasteiger partial charge < -0.3 is 10.5 Å². The molecule has 0 amide bonds. The minimum absolute atomic E-state index is 1.92. The first kappa shape index (κ1) is 24.5. The lowest BCUT2D eigenvalue weighted by Crippen LogP contribution is -2.61. The number of anilines is 1. The summed E-state index contributed by atoms with van der Waals surface area (Å²) in [6.07, 6.45) is -7.39. The molecule has 0 atom stereocenters. The van der Waals surface area contributed by atoms with Gasteiger partial charge in [-0.3, -0.25) is 0 Å². The van der Waals surface area contributed by atoms with Gasteiger partial charge in [-0.2, -0.15) is 57.1 Å². The molecule has 0 fully saturated rings. The first-order chi connectivity index (χ1) is 12.7. The van der Waals surface area contributed by atoms with Crippen LogP contribution in [-0.2, 0) is 0 Å². The smallest absolute Gasteiger partial charge is 0.423 e. The van der Waals surface area contributed by atoms with E-state index in [1.54, 1.807) is 0 Å². The Labute approximate surface area is 148 Å². The second-order valence-electron chi connectivity index (χ2n) is 4.91. The molecule has 0 unspecified atom stereocenters. The molecule has 0 aliphatic heterocycles. The van der Waals surface area contributed by atoms with Gasteiger partial charge in [0.15, 0.2) is 11.6 Å². The normalized spacial score (nSPS) is 14.7. The second-order valence-corrected chi connectivity index (χ2v) is 4.91. The van der Waals surface area contributed by atoms with Crippen molar-refractivity contribution in [1.82, 2.24) is 0 Å². The number of halogens is 15. The number of rotatable bonds is 5. The van der Waals surface area contributed by atoms with Crippen molar-refractivity contribution < 1.29 is 70.6 Å². The minimum Gasteiger partial charge on any atom is -0.423 e.